The monoisotopic (exact) mass is 308 g/mol. The molecule has 0 saturated heterocycles. The molecule has 1 aromatic heterocycles. The molecule has 2 N–H and O–H groups in total. The van der Waals surface area contributed by atoms with Crippen molar-refractivity contribution in [1.82, 2.24) is 14.8 Å². The molecule has 96 valence electrons. The molecule has 0 amide bonds. The number of nitrogens with zero attached hydrogens (tertiary/aromatic N) is 3. The van der Waals surface area contributed by atoms with Crippen molar-refractivity contribution in [3.05, 3.63) is 34.1 Å². The first kappa shape index (κ1) is 13.2. The minimum Gasteiger partial charge on any atom is -0.324 e. The van der Waals surface area contributed by atoms with Gasteiger partial charge < -0.3 is 10.3 Å². The summed E-state index contributed by atoms with van der Waals surface area (Å²) in [6.07, 6.45) is 0. The standard InChI is InChI=1S/C13H17BrN4/c1-8(2)18-12(7-15)16-17-13(18)10-4-5-11(14)9(3)6-10/h4-6,8H,7,15H2,1-3H3. The summed E-state index contributed by atoms with van der Waals surface area (Å²) in [5.74, 6) is 1.70. The van der Waals surface area contributed by atoms with E-state index >= 15 is 0 Å². The van der Waals surface area contributed by atoms with Crippen LogP contribution in [0.15, 0.2) is 22.7 Å². The molecular formula is C13H17BrN4. The molecule has 5 heteroatoms. The van der Waals surface area contributed by atoms with E-state index in [1.807, 2.05) is 12.1 Å². The van der Waals surface area contributed by atoms with Gasteiger partial charge >= 0.3 is 0 Å². The average molecular weight is 309 g/mol. The predicted octanol–water partition coefficient (Wildman–Crippen LogP) is 3.06. The van der Waals surface area contributed by atoms with Gasteiger partial charge in [0.2, 0.25) is 0 Å². The molecule has 4 nitrogen and oxygen atoms in total. The molecule has 0 radical (unpaired) electrons. The number of rotatable bonds is 3. The summed E-state index contributed by atoms with van der Waals surface area (Å²) in [5.41, 5.74) is 7.95. The van der Waals surface area contributed by atoms with Gasteiger partial charge in [-0.3, -0.25) is 0 Å². The molecule has 0 aliphatic carbocycles. The van der Waals surface area contributed by atoms with Crippen LogP contribution in [-0.2, 0) is 6.54 Å². The molecule has 2 aromatic rings. The molecule has 0 unspecified atom stereocenters. The number of benzene rings is 1. The SMILES string of the molecule is Cc1cc(-c2nnc(CN)n2C(C)C)ccc1Br. The van der Waals surface area contributed by atoms with Crippen molar-refractivity contribution < 1.29 is 0 Å². The van der Waals surface area contributed by atoms with Crippen LogP contribution in [0.1, 0.15) is 31.3 Å². The Kier molecular flexibility index (Phi) is 3.82. The third kappa shape index (κ3) is 2.33. The molecule has 1 heterocycles. The van der Waals surface area contributed by atoms with E-state index in [1.165, 1.54) is 5.56 Å². The van der Waals surface area contributed by atoms with Gasteiger partial charge in [-0.25, -0.2) is 0 Å². The minimum atomic E-state index is 0.289. The number of aryl methyl sites for hydroxylation is 1. The van der Waals surface area contributed by atoms with E-state index in [-0.39, 0.29) is 6.04 Å². The van der Waals surface area contributed by atoms with Crippen LogP contribution in [0, 0.1) is 6.92 Å². The zero-order valence-electron chi connectivity index (χ0n) is 10.8. The maximum absolute atomic E-state index is 5.70. The molecular weight excluding hydrogens is 292 g/mol. The highest BCUT2D eigenvalue weighted by molar-refractivity contribution is 9.10. The van der Waals surface area contributed by atoms with Gasteiger partial charge in [0.1, 0.15) is 5.82 Å². The van der Waals surface area contributed by atoms with Gasteiger partial charge in [-0.05, 0) is 38.5 Å². The quantitative estimate of drug-likeness (QED) is 0.948. The number of hydrogen-bond donors (Lipinski definition) is 1. The van der Waals surface area contributed by atoms with Crippen LogP contribution < -0.4 is 5.73 Å². The van der Waals surface area contributed by atoms with E-state index < -0.39 is 0 Å². The van der Waals surface area contributed by atoms with Crippen LogP contribution in [0.25, 0.3) is 11.4 Å². The zero-order chi connectivity index (χ0) is 13.3. The van der Waals surface area contributed by atoms with E-state index in [0.717, 1.165) is 21.7 Å². The van der Waals surface area contributed by atoms with E-state index in [2.05, 4.69) is 57.5 Å². The summed E-state index contributed by atoms with van der Waals surface area (Å²) in [7, 11) is 0. The molecule has 0 atom stereocenters. The lowest BCUT2D eigenvalue weighted by Gasteiger charge is -2.13. The maximum atomic E-state index is 5.70. The fraction of sp³-hybridized carbons (Fsp3) is 0.385. The first-order valence-electron chi connectivity index (χ1n) is 5.95. The molecule has 0 bridgehead atoms. The van der Waals surface area contributed by atoms with Crippen molar-refractivity contribution >= 4 is 15.9 Å². The molecule has 0 fully saturated rings. The van der Waals surface area contributed by atoms with Crippen molar-refractivity contribution in [3.63, 3.8) is 0 Å². The van der Waals surface area contributed by atoms with Crippen molar-refractivity contribution in [2.24, 2.45) is 5.73 Å². The smallest absolute Gasteiger partial charge is 0.164 e. The van der Waals surface area contributed by atoms with Gasteiger partial charge in [0.05, 0.1) is 6.54 Å². The molecule has 0 spiro atoms. The summed E-state index contributed by atoms with van der Waals surface area (Å²) in [4.78, 5) is 0. The largest absolute Gasteiger partial charge is 0.324 e. The number of aromatic nitrogens is 3. The maximum Gasteiger partial charge on any atom is 0.164 e. The van der Waals surface area contributed by atoms with Crippen LogP contribution in [0.4, 0.5) is 0 Å². The van der Waals surface area contributed by atoms with Crippen molar-refractivity contribution in [2.45, 2.75) is 33.4 Å². The van der Waals surface area contributed by atoms with E-state index in [4.69, 9.17) is 5.73 Å². The number of hydrogen-bond acceptors (Lipinski definition) is 3. The Morgan fingerprint density at radius 2 is 2.06 bits per heavy atom. The number of nitrogens with two attached hydrogens (primary N) is 1. The second-order valence-corrected chi connectivity index (χ2v) is 5.43. The van der Waals surface area contributed by atoms with Crippen LogP contribution in [0.5, 0.6) is 0 Å². The Morgan fingerprint density at radius 1 is 1.33 bits per heavy atom. The zero-order valence-corrected chi connectivity index (χ0v) is 12.4. The lowest BCUT2D eigenvalue weighted by Crippen LogP contribution is -2.11. The number of halogens is 1. The fourth-order valence-corrected chi connectivity index (χ4v) is 2.23. The lowest BCUT2D eigenvalue weighted by atomic mass is 10.1. The third-order valence-electron chi connectivity index (χ3n) is 2.88. The predicted molar refractivity (Wildman–Crippen MR) is 76.2 cm³/mol. The molecule has 0 aliphatic rings. The van der Waals surface area contributed by atoms with Crippen LogP contribution in [-0.4, -0.2) is 14.8 Å². The molecule has 18 heavy (non-hydrogen) atoms. The van der Waals surface area contributed by atoms with Crippen LogP contribution in [0.3, 0.4) is 0 Å². The third-order valence-corrected chi connectivity index (χ3v) is 3.77. The summed E-state index contributed by atoms with van der Waals surface area (Å²) in [6, 6.07) is 6.47. The highest BCUT2D eigenvalue weighted by Gasteiger charge is 2.15. The Bertz CT molecular complexity index is 560. The highest BCUT2D eigenvalue weighted by Crippen LogP contribution is 2.26. The van der Waals surface area contributed by atoms with Crippen molar-refractivity contribution in [2.75, 3.05) is 0 Å². The van der Waals surface area contributed by atoms with E-state index in [9.17, 15) is 0 Å². The second-order valence-electron chi connectivity index (χ2n) is 4.57. The van der Waals surface area contributed by atoms with Crippen LogP contribution in [0.2, 0.25) is 0 Å². The average Bonchev–Trinajstić information content (AvgIpc) is 2.76. The summed E-state index contributed by atoms with van der Waals surface area (Å²) in [6.45, 7) is 6.68. The summed E-state index contributed by atoms with van der Waals surface area (Å²) in [5, 5.41) is 8.43. The highest BCUT2D eigenvalue weighted by atomic mass is 79.9. The van der Waals surface area contributed by atoms with E-state index in [0.29, 0.717) is 6.54 Å². The van der Waals surface area contributed by atoms with Crippen molar-refractivity contribution in [3.8, 4) is 11.4 Å². The molecule has 0 saturated carbocycles. The Morgan fingerprint density at radius 3 is 2.61 bits per heavy atom. The van der Waals surface area contributed by atoms with Gasteiger partial charge in [-0.15, -0.1) is 10.2 Å². The van der Waals surface area contributed by atoms with Gasteiger partial charge in [0.15, 0.2) is 5.82 Å². The van der Waals surface area contributed by atoms with E-state index in [1.54, 1.807) is 0 Å². The van der Waals surface area contributed by atoms with Crippen molar-refractivity contribution in [1.29, 1.82) is 0 Å². The summed E-state index contributed by atoms with van der Waals surface area (Å²) < 4.78 is 3.18. The summed E-state index contributed by atoms with van der Waals surface area (Å²) >= 11 is 3.51. The van der Waals surface area contributed by atoms with Gasteiger partial charge in [0, 0.05) is 16.1 Å². The fourth-order valence-electron chi connectivity index (χ4n) is 1.99. The minimum absolute atomic E-state index is 0.289. The second kappa shape index (κ2) is 5.20. The van der Waals surface area contributed by atoms with Gasteiger partial charge in [0.25, 0.3) is 0 Å². The van der Waals surface area contributed by atoms with Crippen LogP contribution >= 0.6 is 15.9 Å². The Balaban J connectivity index is 2.56. The van der Waals surface area contributed by atoms with Gasteiger partial charge in [-0.2, -0.15) is 0 Å². The molecule has 1 aromatic carbocycles. The molecule has 0 aliphatic heterocycles. The Hall–Kier alpha value is -1.20. The normalized spacial score (nSPS) is 11.2. The first-order valence-corrected chi connectivity index (χ1v) is 6.74. The van der Waals surface area contributed by atoms with Gasteiger partial charge in [-0.1, -0.05) is 22.0 Å². The lowest BCUT2D eigenvalue weighted by molar-refractivity contribution is 0.574. The first-order chi connectivity index (χ1) is 8.54. The Labute approximate surface area is 115 Å². The molecule has 2 rings (SSSR count). The topological polar surface area (TPSA) is 56.7 Å².